The molecule has 2 heterocycles. The molecule has 1 aromatic rings. The van der Waals surface area contributed by atoms with Crippen molar-refractivity contribution in [3.63, 3.8) is 0 Å². The minimum atomic E-state index is 0.811. The highest BCUT2D eigenvalue weighted by molar-refractivity contribution is 5.47. The zero-order chi connectivity index (χ0) is 13.5. The van der Waals surface area contributed by atoms with Crippen molar-refractivity contribution in [1.29, 1.82) is 0 Å². The van der Waals surface area contributed by atoms with Crippen LogP contribution in [0, 0.1) is 12.8 Å². The van der Waals surface area contributed by atoms with Crippen molar-refractivity contribution in [2.45, 2.75) is 33.1 Å². The molecule has 1 aliphatic heterocycles. The van der Waals surface area contributed by atoms with E-state index in [-0.39, 0.29) is 0 Å². The average Bonchev–Trinajstić information content (AvgIpc) is 2.89. The Labute approximate surface area is 115 Å². The summed E-state index contributed by atoms with van der Waals surface area (Å²) in [4.78, 5) is 8.81. The van der Waals surface area contributed by atoms with E-state index in [2.05, 4.69) is 32.8 Å². The second-order valence-corrected chi connectivity index (χ2v) is 5.19. The Hall–Kier alpha value is -1.36. The Balaban J connectivity index is 1.82. The molecule has 5 nitrogen and oxygen atoms in total. The van der Waals surface area contributed by atoms with Gasteiger partial charge in [0, 0.05) is 19.2 Å². The molecule has 0 amide bonds. The first kappa shape index (κ1) is 14.1. The lowest BCUT2D eigenvalue weighted by molar-refractivity contribution is 0.549. The molecule has 1 aliphatic rings. The molecule has 1 fully saturated rings. The van der Waals surface area contributed by atoms with Crippen molar-refractivity contribution < 1.29 is 0 Å². The third-order valence-corrected chi connectivity index (χ3v) is 3.42. The van der Waals surface area contributed by atoms with Gasteiger partial charge in [-0.05, 0) is 45.2 Å². The van der Waals surface area contributed by atoms with Gasteiger partial charge in [-0.2, -0.15) is 0 Å². The van der Waals surface area contributed by atoms with E-state index in [1.807, 2.05) is 13.0 Å². The molecule has 0 aromatic carbocycles. The third-order valence-electron chi connectivity index (χ3n) is 3.42. The summed E-state index contributed by atoms with van der Waals surface area (Å²) >= 11 is 0. The van der Waals surface area contributed by atoms with Crippen molar-refractivity contribution in [3.05, 3.63) is 11.9 Å². The molecule has 0 radical (unpaired) electrons. The van der Waals surface area contributed by atoms with E-state index in [9.17, 15) is 0 Å². The summed E-state index contributed by atoms with van der Waals surface area (Å²) in [5.74, 6) is 3.47. The second-order valence-electron chi connectivity index (χ2n) is 5.19. The Morgan fingerprint density at radius 3 is 2.63 bits per heavy atom. The second kappa shape index (κ2) is 7.28. The van der Waals surface area contributed by atoms with Gasteiger partial charge in [0.25, 0.3) is 0 Å². The SMILES string of the molecule is CCCNc1cc(NCCC2CCNC2)nc(C)n1. The maximum atomic E-state index is 4.43. The van der Waals surface area contributed by atoms with Crippen LogP contribution in [0.15, 0.2) is 6.07 Å². The minimum Gasteiger partial charge on any atom is -0.370 e. The van der Waals surface area contributed by atoms with Gasteiger partial charge >= 0.3 is 0 Å². The zero-order valence-corrected chi connectivity index (χ0v) is 12.0. The van der Waals surface area contributed by atoms with E-state index >= 15 is 0 Å². The normalized spacial score (nSPS) is 18.5. The molecule has 0 saturated carbocycles. The standard InChI is InChI=1S/C14H25N5/c1-3-6-16-13-9-14(19-11(2)18-13)17-8-5-12-4-7-15-10-12/h9,12,15H,3-8,10H2,1-2H3,(H2,16,17,18,19). The number of aromatic nitrogens is 2. The summed E-state index contributed by atoms with van der Waals surface area (Å²) in [5, 5.41) is 10.1. The van der Waals surface area contributed by atoms with Crippen molar-refractivity contribution in [2.24, 2.45) is 5.92 Å². The highest BCUT2D eigenvalue weighted by atomic mass is 15.1. The van der Waals surface area contributed by atoms with Crippen LogP contribution in [0.25, 0.3) is 0 Å². The molecule has 2 rings (SSSR count). The number of aryl methyl sites for hydroxylation is 1. The molecule has 1 unspecified atom stereocenters. The Morgan fingerprint density at radius 1 is 1.26 bits per heavy atom. The maximum Gasteiger partial charge on any atom is 0.131 e. The molecular formula is C14H25N5. The van der Waals surface area contributed by atoms with Crippen LogP contribution < -0.4 is 16.0 Å². The Bertz CT molecular complexity index is 387. The first-order valence-electron chi connectivity index (χ1n) is 7.32. The molecule has 106 valence electrons. The summed E-state index contributed by atoms with van der Waals surface area (Å²) in [6.07, 6.45) is 3.60. The van der Waals surface area contributed by atoms with E-state index in [1.165, 1.54) is 19.4 Å². The van der Waals surface area contributed by atoms with Crippen LogP contribution in [0.3, 0.4) is 0 Å². The monoisotopic (exact) mass is 263 g/mol. The lowest BCUT2D eigenvalue weighted by Gasteiger charge is -2.11. The molecule has 1 saturated heterocycles. The lowest BCUT2D eigenvalue weighted by Crippen LogP contribution is -2.14. The summed E-state index contributed by atoms with van der Waals surface area (Å²) in [7, 11) is 0. The van der Waals surface area contributed by atoms with E-state index in [0.29, 0.717) is 0 Å². The lowest BCUT2D eigenvalue weighted by atomic mass is 10.1. The first-order valence-corrected chi connectivity index (χ1v) is 7.32. The largest absolute Gasteiger partial charge is 0.370 e. The quantitative estimate of drug-likeness (QED) is 0.702. The number of hydrogen-bond acceptors (Lipinski definition) is 5. The Kier molecular flexibility index (Phi) is 5.39. The van der Waals surface area contributed by atoms with Crippen LogP contribution in [0.2, 0.25) is 0 Å². The fourth-order valence-electron chi connectivity index (χ4n) is 2.37. The molecule has 1 aromatic heterocycles. The highest BCUT2D eigenvalue weighted by Crippen LogP contribution is 2.14. The molecule has 1 atom stereocenters. The zero-order valence-electron chi connectivity index (χ0n) is 12.0. The van der Waals surface area contributed by atoms with Crippen LogP contribution in [0.1, 0.15) is 32.0 Å². The van der Waals surface area contributed by atoms with Gasteiger partial charge in [0.05, 0.1) is 0 Å². The first-order chi connectivity index (χ1) is 9.28. The number of hydrogen-bond donors (Lipinski definition) is 3. The van der Waals surface area contributed by atoms with Gasteiger partial charge in [-0.1, -0.05) is 6.92 Å². The number of nitrogens with zero attached hydrogens (tertiary/aromatic N) is 2. The van der Waals surface area contributed by atoms with Crippen molar-refractivity contribution in [2.75, 3.05) is 36.8 Å². The van der Waals surface area contributed by atoms with E-state index in [0.717, 1.165) is 49.4 Å². The summed E-state index contributed by atoms with van der Waals surface area (Å²) in [6.45, 7) is 8.34. The van der Waals surface area contributed by atoms with E-state index < -0.39 is 0 Å². The van der Waals surface area contributed by atoms with Crippen LogP contribution in [-0.4, -0.2) is 36.1 Å². The van der Waals surface area contributed by atoms with Gasteiger partial charge in [0.1, 0.15) is 17.5 Å². The molecule has 3 N–H and O–H groups in total. The summed E-state index contributed by atoms with van der Waals surface area (Å²) in [5.41, 5.74) is 0. The molecule has 0 bridgehead atoms. The number of rotatable bonds is 7. The molecule has 0 aliphatic carbocycles. The van der Waals surface area contributed by atoms with E-state index in [1.54, 1.807) is 0 Å². The highest BCUT2D eigenvalue weighted by Gasteiger charge is 2.13. The van der Waals surface area contributed by atoms with Gasteiger partial charge < -0.3 is 16.0 Å². The average molecular weight is 263 g/mol. The Morgan fingerprint density at radius 2 is 2.00 bits per heavy atom. The molecular weight excluding hydrogens is 238 g/mol. The molecule has 5 heteroatoms. The molecule has 19 heavy (non-hydrogen) atoms. The van der Waals surface area contributed by atoms with E-state index in [4.69, 9.17) is 0 Å². The van der Waals surface area contributed by atoms with Crippen LogP contribution in [-0.2, 0) is 0 Å². The fourth-order valence-corrected chi connectivity index (χ4v) is 2.37. The van der Waals surface area contributed by atoms with Crippen molar-refractivity contribution in [3.8, 4) is 0 Å². The van der Waals surface area contributed by atoms with Crippen LogP contribution in [0.5, 0.6) is 0 Å². The van der Waals surface area contributed by atoms with Gasteiger partial charge in [0.15, 0.2) is 0 Å². The topological polar surface area (TPSA) is 61.9 Å². The predicted octanol–water partition coefficient (Wildman–Crippen LogP) is 2.02. The fraction of sp³-hybridized carbons (Fsp3) is 0.714. The van der Waals surface area contributed by atoms with Gasteiger partial charge in [0.2, 0.25) is 0 Å². The van der Waals surface area contributed by atoms with Gasteiger partial charge in [-0.3, -0.25) is 0 Å². The minimum absolute atomic E-state index is 0.811. The summed E-state index contributed by atoms with van der Waals surface area (Å²) < 4.78 is 0. The maximum absolute atomic E-state index is 4.43. The van der Waals surface area contributed by atoms with Crippen LogP contribution >= 0.6 is 0 Å². The predicted molar refractivity (Wildman–Crippen MR) is 79.6 cm³/mol. The third kappa shape index (κ3) is 4.67. The smallest absolute Gasteiger partial charge is 0.131 e. The number of nitrogens with one attached hydrogen (secondary N) is 3. The van der Waals surface area contributed by atoms with Crippen molar-refractivity contribution in [1.82, 2.24) is 15.3 Å². The van der Waals surface area contributed by atoms with Crippen LogP contribution in [0.4, 0.5) is 11.6 Å². The van der Waals surface area contributed by atoms with Gasteiger partial charge in [-0.15, -0.1) is 0 Å². The van der Waals surface area contributed by atoms with Gasteiger partial charge in [-0.25, -0.2) is 9.97 Å². The number of anilines is 2. The summed E-state index contributed by atoms with van der Waals surface area (Å²) in [6, 6.07) is 2.00. The van der Waals surface area contributed by atoms with Crippen molar-refractivity contribution >= 4 is 11.6 Å². The molecule has 0 spiro atoms.